The standard InChI is InChI=1S/C26H35N3O3S2/c1-7-28(8-2)15-16-29(23(30)17-19-9-11-20(12-10-19)33-18(3)4)26-27-24-21(31-5)13-14-22(32-6)25(24)34-26/h9-14,18H,7-8,15-17H2,1-6H3. The van der Waals surface area contributed by atoms with Gasteiger partial charge in [-0.2, -0.15) is 0 Å². The summed E-state index contributed by atoms with van der Waals surface area (Å²) in [4.78, 5) is 23.7. The second-order valence-electron chi connectivity index (χ2n) is 8.20. The highest BCUT2D eigenvalue weighted by atomic mass is 32.2. The number of methoxy groups -OCH3 is 2. The van der Waals surface area contributed by atoms with Crippen LogP contribution in [-0.4, -0.2) is 61.4 Å². The summed E-state index contributed by atoms with van der Waals surface area (Å²) in [6.45, 7) is 11.9. The molecule has 3 rings (SSSR count). The molecule has 0 fully saturated rings. The molecule has 0 spiro atoms. The number of hydrogen-bond acceptors (Lipinski definition) is 7. The second-order valence-corrected chi connectivity index (χ2v) is 10.8. The van der Waals surface area contributed by atoms with Crippen molar-refractivity contribution in [2.75, 3.05) is 45.3 Å². The number of rotatable bonds is 12. The third-order valence-electron chi connectivity index (χ3n) is 5.62. The Balaban J connectivity index is 1.91. The largest absolute Gasteiger partial charge is 0.495 e. The summed E-state index contributed by atoms with van der Waals surface area (Å²) in [5.41, 5.74) is 1.72. The van der Waals surface area contributed by atoms with Crippen LogP contribution in [0.25, 0.3) is 10.2 Å². The third kappa shape index (κ3) is 6.43. The molecule has 0 aliphatic carbocycles. The molecule has 184 valence electrons. The van der Waals surface area contributed by atoms with Gasteiger partial charge in [-0.1, -0.05) is 51.2 Å². The molecule has 1 amide bonds. The first-order chi connectivity index (χ1) is 16.4. The predicted octanol–water partition coefficient (Wildman–Crippen LogP) is 5.73. The van der Waals surface area contributed by atoms with Gasteiger partial charge < -0.3 is 14.4 Å². The molecule has 6 nitrogen and oxygen atoms in total. The number of likely N-dealkylation sites (N-methyl/N-ethyl adjacent to an activating group) is 1. The lowest BCUT2D eigenvalue weighted by atomic mass is 10.1. The van der Waals surface area contributed by atoms with Crippen LogP contribution in [0.1, 0.15) is 33.3 Å². The molecule has 0 unspecified atom stereocenters. The minimum atomic E-state index is 0.0356. The minimum absolute atomic E-state index is 0.0356. The van der Waals surface area contributed by atoms with E-state index in [1.165, 1.54) is 16.2 Å². The van der Waals surface area contributed by atoms with Crippen LogP contribution in [0, 0.1) is 0 Å². The van der Waals surface area contributed by atoms with E-state index in [-0.39, 0.29) is 5.91 Å². The van der Waals surface area contributed by atoms with E-state index in [4.69, 9.17) is 14.5 Å². The molecule has 1 heterocycles. The first kappa shape index (κ1) is 26.3. The summed E-state index contributed by atoms with van der Waals surface area (Å²) in [5.74, 6) is 1.44. The van der Waals surface area contributed by atoms with E-state index in [1.54, 1.807) is 14.2 Å². The highest BCUT2D eigenvalue weighted by Gasteiger charge is 2.23. The zero-order valence-electron chi connectivity index (χ0n) is 21.0. The number of carbonyl (C=O) groups is 1. The van der Waals surface area contributed by atoms with Crippen molar-refractivity contribution < 1.29 is 14.3 Å². The number of fused-ring (bicyclic) bond motifs is 1. The van der Waals surface area contributed by atoms with Gasteiger partial charge in [0, 0.05) is 23.2 Å². The summed E-state index contributed by atoms with van der Waals surface area (Å²) in [5, 5.41) is 1.19. The highest BCUT2D eigenvalue weighted by Crippen LogP contribution is 2.40. The van der Waals surface area contributed by atoms with Crippen molar-refractivity contribution in [1.82, 2.24) is 9.88 Å². The van der Waals surface area contributed by atoms with Crippen LogP contribution in [0.4, 0.5) is 5.13 Å². The smallest absolute Gasteiger partial charge is 0.233 e. The van der Waals surface area contributed by atoms with E-state index in [9.17, 15) is 4.79 Å². The zero-order chi connectivity index (χ0) is 24.7. The van der Waals surface area contributed by atoms with Crippen molar-refractivity contribution in [3.63, 3.8) is 0 Å². The molecule has 0 aliphatic heterocycles. The Morgan fingerprint density at radius 2 is 1.65 bits per heavy atom. The summed E-state index contributed by atoms with van der Waals surface area (Å²) in [6.07, 6.45) is 0.328. The number of ether oxygens (including phenoxy) is 2. The van der Waals surface area contributed by atoms with Crippen molar-refractivity contribution in [2.45, 2.75) is 44.3 Å². The molecular formula is C26H35N3O3S2. The van der Waals surface area contributed by atoms with Gasteiger partial charge in [-0.3, -0.25) is 9.69 Å². The number of amides is 1. The van der Waals surface area contributed by atoms with Crippen LogP contribution in [0.2, 0.25) is 0 Å². The maximum atomic E-state index is 13.6. The van der Waals surface area contributed by atoms with Gasteiger partial charge in [0.25, 0.3) is 0 Å². The van der Waals surface area contributed by atoms with Gasteiger partial charge in [-0.25, -0.2) is 4.98 Å². The average molecular weight is 502 g/mol. The number of hydrogen-bond donors (Lipinski definition) is 0. The zero-order valence-corrected chi connectivity index (χ0v) is 22.6. The maximum Gasteiger partial charge on any atom is 0.233 e. The Morgan fingerprint density at radius 1 is 1.00 bits per heavy atom. The van der Waals surface area contributed by atoms with E-state index in [2.05, 4.69) is 56.9 Å². The van der Waals surface area contributed by atoms with Crippen LogP contribution in [0.3, 0.4) is 0 Å². The van der Waals surface area contributed by atoms with E-state index in [0.717, 1.165) is 41.2 Å². The van der Waals surface area contributed by atoms with Crippen molar-refractivity contribution in [2.24, 2.45) is 0 Å². The average Bonchev–Trinajstić information content (AvgIpc) is 3.27. The van der Waals surface area contributed by atoms with E-state index < -0.39 is 0 Å². The van der Waals surface area contributed by atoms with Crippen molar-refractivity contribution >= 4 is 44.4 Å². The quantitative estimate of drug-likeness (QED) is 0.295. The molecule has 0 N–H and O–H groups in total. The molecule has 0 saturated carbocycles. The van der Waals surface area contributed by atoms with Crippen LogP contribution < -0.4 is 14.4 Å². The summed E-state index contributed by atoms with van der Waals surface area (Å²) < 4.78 is 12.0. The molecule has 1 aromatic heterocycles. The van der Waals surface area contributed by atoms with Crippen LogP contribution in [0.15, 0.2) is 41.3 Å². The Kier molecular flexibility index (Phi) is 9.62. The van der Waals surface area contributed by atoms with Crippen LogP contribution in [-0.2, 0) is 11.2 Å². The summed E-state index contributed by atoms with van der Waals surface area (Å²) in [6, 6.07) is 12.0. The molecule has 8 heteroatoms. The first-order valence-corrected chi connectivity index (χ1v) is 13.4. The van der Waals surface area contributed by atoms with E-state index in [1.807, 2.05) is 28.8 Å². The van der Waals surface area contributed by atoms with E-state index >= 15 is 0 Å². The number of thioether (sulfide) groups is 1. The molecule has 34 heavy (non-hydrogen) atoms. The van der Waals surface area contributed by atoms with Gasteiger partial charge in [-0.05, 0) is 42.9 Å². The lowest BCUT2D eigenvalue weighted by molar-refractivity contribution is -0.118. The topological polar surface area (TPSA) is 54.9 Å². The van der Waals surface area contributed by atoms with Crippen molar-refractivity contribution in [3.05, 3.63) is 42.0 Å². The molecule has 2 aromatic carbocycles. The van der Waals surface area contributed by atoms with Gasteiger partial charge in [-0.15, -0.1) is 11.8 Å². The molecule has 0 saturated heterocycles. The highest BCUT2D eigenvalue weighted by molar-refractivity contribution is 7.99. The van der Waals surface area contributed by atoms with Gasteiger partial charge in [0.05, 0.1) is 20.6 Å². The maximum absolute atomic E-state index is 13.6. The van der Waals surface area contributed by atoms with Crippen molar-refractivity contribution in [3.8, 4) is 11.5 Å². The molecule has 0 aliphatic rings. The lowest BCUT2D eigenvalue weighted by Gasteiger charge is -2.24. The van der Waals surface area contributed by atoms with Crippen LogP contribution in [0.5, 0.6) is 11.5 Å². The predicted molar refractivity (Wildman–Crippen MR) is 144 cm³/mol. The fourth-order valence-corrected chi connectivity index (χ4v) is 5.68. The SMILES string of the molecule is CCN(CC)CCN(C(=O)Cc1ccc(SC(C)C)cc1)c1nc2c(OC)ccc(OC)c2s1. The summed E-state index contributed by atoms with van der Waals surface area (Å²) in [7, 11) is 3.27. The molecule has 3 aromatic rings. The third-order valence-corrected chi connectivity index (χ3v) is 7.72. The van der Waals surface area contributed by atoms with Gasteiger partial charge >= 0.3 is 0 Å². The fraction of sp³-hybridized carbons (Fsp3) is 0.462. The Bertz CT molecular complexity index is 1040. The Hall–Kier alpha value is -2.29. The Morgan fingerprint density at radius 3 is 2.24 bits per heavy atom. The molecule has 0 atom stereocenters. The normalized spacial score (nSPS) is 11.4. The van der Waals surface area contributed by atoms with Gasteiger partial charge in [0.1, 0.15) is 21.7 Å². The molecular weight excluding hydrogens is 466 g/mol. The van der Waals surface area contributed by atoms with Gasteiger partial charge in [0.15, 0.2) is 5.13 Å². The van der Waals surface area contributed by atoms with E-state index in [0.29, 0.717) is 29.1 Å². The van der Waals surface area contributed by atoms with Gasteiger partial charge in [0.2, 0.25) is 5.91 Å². The number of benzene rings is 2. The number of anilines is 1. The number of nitrogens with zero attached hydrogens (tertiary/aromatic N) is 3. The Labute approximate surface area is 211 Å². The van der Waals surface area contributed by atoms with Crippen molar-refractivity contribution in [1.29, 1.82) is 0 Å². The number of thiazole rings is 1. The lowest BCUT2D eigenvalue weighted by Crippen LogP contribution is -2.39. The fourth-order valence-electron chi connectivity index (χ4n) is 3.73. The minimum Gasteiger partial charge on any atom is -0.495 e. The van der Waals surface area contributed by atoms with Crippen LogP contribution >= 0.6 is 23.1 Å². The second kappa shape index (κ2) is 12.4. The molecule has 0 radical (unpaired) electrons. The number of carbonyl (C=O) groups excluding carboxylic acids is 1. The first-order valence-electron chi connectivity index (χ1n) is 11.7. The number of aromatic nitrogens is 1. The summed E-state index contributed by atoms with van der Waals surface area (Å²) >= 11 is 3.29. The molecule has 0 bridgehead atoms. The monoisotopic (exact) mass is 501 g/mol.